The van der Waals surface area contributed by atoms with Gasteiger partial charge in [0.25, 0.3) is 0 Å². The maximum atomic E-state index is 12.5. The minimum atomic E-state index is -4.61. The number of aromatic nitrogens is 3. The third kappa shape index (κ3) is 10.1. The number of aliphatic hydroxyl groups excluding tert-OH is 1. The molecule has 0 bridgehead atoms. The van der Waals surface area contributed by atoms with Gasteiger partial charge < -0.3 is 10.4 Å². The maximum absolute atomic E-state index is 12.5. The standard InChI is InChI=1S/C20H28F3N5O3S2/c1-13(2)11-16(12-29)24-17-25-18(28-33(30,31)10-9-20(21,22)23)27-19(26-17)32-14(3)15-7-5-4-6-8-15/h4-8,13-14,16,29H,9-12H2,1-3H3,(H2,24,25,26,27,28)/t14?,16-/m1/s1. The Balaban J connectivity index is 2.30. The predicted molar refractivity (Wildman–Crippen MR) is 123 cm³/mol. The first-order valence-electron chi connectivity index (χ1n) is 10.3. The van der Waals surface area contributed by atoms with Crippen molar-refractivity contribution in [2.24, 2.45) is 5.92 Å². The van der Waals surface area contributed by atoms with Gasteiger partial charge in [0.1, 0.15) is 0 Å². The molecule has 2 aromatic rings. The summed E-state index contributed by atoms with van der Waals surface area (Å²) in [5, 5.41) is 12.7. The average Bonchev–Trinajstić information content (AvgIpc) is 2.71. The number of sulfonamides is 1. The number of anilines is 2. The molecule has 1 aromatic heterocycles. The van der Waals surface area contributed by atoms with Crippen molar-refractivity contribution < 1.29 is 26.7 Å². The zero-order valence-electron chi connectivity index (χ0n) is 18.5. The van der Waals surface area contributed by atoms with Crippen LogP contribution in [-0.4, -0.2) is 53.1 Å². The lowest BCUT2D eigenvalue weighted by atomic mass is 10.0. The average molecular weight is 508 g/mol. The molecule has 33 heavy (non-hydrogen) atoms. The highest BCUT2D eigenvalue weighted by Crippen LogP contribution is 2.33. The molecule has 0 aliphatic carbocycles. The summed E-state index contributed by atoms with van der Waals surface area (Å²) in [6.45, 7) is 5.65. The van der Waals surface area contributed by atoms with Gasteiger partial charge in [0.05, 0.1) is 24.8 Å². The number of nitrogens with zero attached hydrogens (tertiary/aromatic N) is 3. The lowest BCUT2D eigenvalue weighted by Crippen LogP contribution is -2.27. The van der Waals surface area contributed by atoms with Gasteiger partial charge in [-0.3, -0.25) is 4.72 Å². The Labute approximate surface area is 195 Å². The molecule has 1 aromatic carbocycles. The van der Waals surface area contributed by atoms with Crippen LogP contribution < -0.4 is 10.0 Å². The van der Waals surface area contributed by atoms with Crippen molar-refractivity contribution in [3.05, 3.63) is 35.9 Å². The number of rotatable bonds is 12. The summed E-state index contributed by atoms with van der Waals surface area (Å²) in [5.41, 5.74) is 0.984. The van der Waals surface area contributed by atoms with Crippen LogP contribution in [0.4, 0.5) is 25.1 Å². The SMILES string of the molecule is CC(C)C[C@H](CO)Nc1nc(NS(=O)(=O)CCC(F)(F)F)nc(SC(C)c2ccccc2)n1. The van der Waals surface area contributed by atoms with E-state index in [1.807, 2.05) is 55.8 Å². The molecule has 3 N–H and O–H groups in total. The fraction of sp³-hybridized carbons (Fsp3) is 0.550. The van der Waals surface area contributed by atoms with E-state index < -0.39 is 40.4 Å². The zero-order chi connectivity index (χ0) is 24.6. The lowest BCUT2D eigenvalue weighted by molar-refractivity contribution is -0.129. The molecule has 8 nitrogen and oxygen atoms in total. The molecule has 184 valence electrons. The van der Waals surface area contributed by atoms with E-state index in [0.29, 0.717) is 6.42 Å². The Bertz CT molecular complexity index is 992. The van der Waals surface area contributed by atoms with Crippen LogP contribution in [0.1, 0.15) is 44.4 Å². The summed E-state index contributed by atoms with van der Waals surface area (Å²) in [7, 11) is -4.34. The van der Waals surface area contributed by atoms with Crippen molar-refractivity contribution in [3.8, 4) is 0 Å². The Morgan fingerprint density at radius 2 is 1.70 bits per heavy atom. The summed E-state index contributed by atoms with van der Waals surface area (Å²) in [6, 6.07) is 9.08. The van der Waals surface area contributed by atoms with Crippen LogP contribution in [0.15, 0.2) is 35.5 Å². The molecular formula is C20H28F3N5O3S2. The van der Waals surface area contributed by atoms with Gasteiger partial charge in [-0.1, -0.05) is 55.9 Å². The normalized spacial score (nSPS) is 14.2. The molecule has 0 aliphatic heterocycles. The third-order valence-electron chi connectivity index (χ3n) is 4.38. The Morgan fingerprint density at radius 1 is 1.06 bits per heavy atom. The first kappa shape index (κ1) is 27.1. The molecule has 0 radical (unpaired) electrons. The first-order valence-corrected chi connectivity index (χ1v) is 12.8. The number of hydrogen-bond donors (Lipinski definition) is 3. The van der Waals surface area contributed by atoms with Crippen LogP contribution in [0.5, 0.6) is 0 Å². The first-order chi connectivity index (χ1) is 15.4. The minimum absolute atomic E-state index is 0.0148. The van der Waals surface area contributed by atoms with E-state index in [-0.39, 0.29) is 28.9 Å². The highest BCUT2D eigenvalue weighted by molar-refractivity contribution is 7.99. The van der Waals surface area contributed by atoms with E-state index >= 15 is 0 Å². The van der Waals surface area contributed by atoms with Crippen LogP contribution in [0.3, 0.4) is 0 Å². The number of halogens is 3. The third-order valence-corrected chi connectivity index (χ3v) is 6.63. The second-order valence-electron chi connectivity index (χ2n) is 7.88. The zero-order valence-corrected chi connectivity index (χ0v) is 20.1. The molecule has 0 saturated carbocycles. The Kier molecular flexibility index (Phi) is 9.73. The van der Waals surface area contributed by atoms with Crippen molar-refractivity contribution in [2.75, 3.05) is 22.4 Å². The van der Waals surface area contributed by atoms with E-state index in [1.54, 1.807) is 0 Å². The monoisotopic (exact) mass is 507 g/mol. The summed E-state index contributed by atoms with van der Waals surface area (Å²) >= 11 is 1.24. The molecule has 0 aliphatic rings. The van der Waals surface area contributed by atoms with Crippen LogP contribution in [-0.2, 0) is 10.0 Å². The van der Waals surface area contributed by atoms with Gasteiger partial charge in [-0.15, -0.1) is 0 Å². The van der Waals surface area contributed by atoms with E-state index in [9.17, 15) is 26.7 Å². The minimum Gasteiger partial charge on any atom is -0.394 e. The van der Waals surface area contributed by atoms with Crippen LogP contribution in [0, 0.1) is 5.92 Å². The Hall–Kier alpha value is -2.12. The molecule has 0 amide bonds. The molecule has 1 heterocycles. The fourth-order valence-electron chi connectivity index (χ4n) is 2.84. The van der Waals surface area contributed by atoms with Crippen molar-refractivity contribution in [1.82, 2.24) is 15.0 Å². The number of thioether (sulfide) groups is 1. The highest BCUT2D eigenvalue weighted by Gasteiger charge is 2.30. The van der Waals surface area contributed by atoms with Crippen molar-refractivity contribution >= 4 is 33.7 Å². The van der Waals surface area contributed by atoms with Gasteiger partial charge >= 0.3 is 6.18 Å². The Morgan fingerprint density at radius 3 is 2.27 bits per heavy atom. The van der Waals surface area contributed by atoms with Crippen LogP contribution in [0.2, 0.25) is 0 Å². The number of hydrogen-bond acceptors (Lipinski definition) is 8. The molecule has 0 saturated heterocycles. The molecule has 2 atom stereocenters. The van der Waals surface area contributed by atoms with Gasteiger partial charge in [0, 0.05) is 5.25 Å². The van der Waals surface area contributed by atoms with Gasteiger partial charge in [0.15, 0.2) is 5.16 Å². The molecule has 13 heteroatoms. The fourth-order valence-corrected chi connectivity index (χ4v) is 4.70. The van der Waals surface area contributed by atoms with Gasteiger partial charge in [-0.2, -0.15) is 28.1 Å². The molecule has 0 fully saturated rings. The summed E-state index contributed by atoms with van der Waals surface area (Å²) in [5.74, 6) is -1.27. The molecular weight excluding hydrogens is 479 g/mol. The van der Waals surface area contributed by atoms with E-state index in [2.05, 4.69) is 20.3 Å². The van der Waals surface area contributed by atoms with Crippen LogP contribution >= 0.6 is 11.8 Å². The van der Waals surface area contributed by atoms with Gasteiger partial charge in [-0.05, 0) is 24.8 Å². The van der Waals surface area contributed by atoms with E-state index in [1.165, 1.54) is 11.8 Å². The quantitative estimate of drug-likeness (QED) is 0.365. The van der Waals surface area contributed by atoms with E-state index in [0.717, 1.165) is 5.56 Å². The molecule has 2 rings (SSSR count). The second kappa shape index (κ2) is 11.8. The second-order valence-corrected chi connectivity index (χ2v) is 11.0. The highest BCUT2D eigenvalue weighted by atomic mass is 32.2. The number of benzene rings is 1. The number of alkyl halides is 3. The largest absolute Gasteiger partial charge is 0.394 e. The summed E-state index contributed by atoms with van der Waals surface area (Å²) < 4.78 is 63.7. The summed E-state index contributed by atoms with van der Waals surface area (Å²) in [4.78, 5) is 12.4. The van der Waals surface area contributed by atoms with E-state index in [4.69, 9.17) is 0 Å². The number of aliphatic hydroxyl groups is 1. The van der Waals surface area contributed by atoms with Crippen LogP contribution in [0.25, 0.3) is 0 Å². The topological polar surface area (TPSA) is 117 Å². The lowest BCUT2D eigenvalue weighted by Gasteiger charge is -2.19. The van der Waals surface area contributed by atoms with Crippen molar-refractivity contribution in [2.45, 2.75) is 56.2 Å². The van der Waals surface area contributed by atoms with Crippen molar-refractivity contribution in [3.63, 3.8) is 0 Å². The predicted octanol–water partition coefficient (Wildman–Crippen LogP) is 4.24. The smallest absolute Gasteiger partial charge is 0.390 e. The van der Waals surface area contributed by atoms with Gasteiger partial charge in [-0.25, -0.2) is 8.42 Å². The van der Waals surface area contributed by atoms with Crippen molar-refractivity contribution in [1.29, 1.82) is 0 Å². The maximum Gasteiger partial charge on any atom is 0.390 e. The molecule has 1 unspecified atom stereocenters. The summed E-state index contributed by atoms with van der Waals surface area (Å²) in [6.07, 6.45) is -5.51. The van der Waals surface area contributed by atoms with Gasteiger partial charge in [0.2, 0.25) is 21.9 Å². The molecule has 0 spiro atoms. The number of nitrogens with one attached hydrogen (secondary N) is 2.